The van der Waals surface area contributed by atoms with Crippen LogP contribution < -0.4 is 4.72 Å². The molecule has 9 heteroatoms. The van der Waals surface area contributed by atoms with Crippen LogP contribution in [0.25, 0.3) is 0 Å². The van der Waals surface area contributed by atoms with E-state index in [0.29, 0.717) is 11.1 Å². The fraction of sp³-hybridized carbons (Fsp3) is 0.100. The summed E-state index contributed by atoms with van der Waals surface area (Å²) in [6.45, 7) is 0. The minimum absolute atomic E-state index is 0.0274. The van der Waals surface area contributed by atoms with Crippen molar-refractivity contribution in [2.45, 2.75) is 17.1 Å². The third kappa shape index (κ3) is 3.33. The van der Waals surface area contributed by atoms with Crippen LogP contribution in [-0.4, -0.2) is 28.8 Å². The number of sulfonamides is 1. The first-order chi connectivity index (χ1) is 13.7. The van der Waals surface area contributed by atoms with Crippen LogP contribution in [0.15, 0.2) is 59.5 Å². The van der Waals surface area contributed by atoms with E-state index in [-0.39, 0.29) is 21.7 Å². The van der Waals surface area contributed by atoms with E-state index in [1.807, 2.05) is 22.6 Å². The molecule has 0 aromatic heterocycles. The maximum atomic E-state index is 12.7. The van der Waals surface area contributed by atoms with Gasteiger partial charge in [0.15, 0.2) is 11.5 Å². The van der Waals surface area contributed by atoms with Crippen molar-refractivity contribution in [2.75, 3.05) is 4.72 Å². The van der Waals surface area contributed by atoms with Crippen LogP contribution in [-0.2, 0) is 10.0 Å². The summed E-state index contributed by atoms with van der Waals surface area (Å²) >= 11 is 2.05. The quantitative estimate of drug-likeness (QED) is 0.265. The maximum absolute atomic E-state index is 12.7. The topological polar surface area (TPSA) is 127 Å². The molecule has 1 aliphatic carbocycles. The Hall–Kier alpha value is -2.34. The first kappa shape index (κ1) is 20.0. The standard InChI is InChI=1S/C20H16INO6S/c21-10-5-7-11(8-6-10)29(27,28)22-15-9-14-16(20(26)19(15)25)18(24)13-4-2-1-3-12(13)17(14)23/h1-9,17-18,22-26H. The molecule has 4 rings (SSSR count). The number of aromatic hydroxyl groups is 2. The number of aliphatic hydroxyl groups excluding tert-OH is 2. The number of phenolic OH excluding ortho intramolecular Hbond substituents is 2. The van der Waals surface area contributed by atoms with E-state index in [2.05, 4.69) is 4.72 Å². The van der Waals surface area contributed by atoms with Gasteiger partial charge in [-0.1, -0.05) is 24.3 Å². The Balaban J connectivity index is 1.81. The molecule has 7 nitrogen and oxygen atoms in total. The average Bonchev–Trinajstić information content (AvgIpc) is 2.70. The van der Waals surface area contributed by atoms with Crippen molar-refractivity contribution in [3.63, 3.8) is 0 Å². The lowest BCUT2D eigenvalue weighted by molar-refractivity contribution is 0.169. The molecule has 3 aromatic carbocycles. The van der Waals surface area contributed by atoms with Crippen LogP contribution >= 0.6 is 22.6 Å². The fourth-order valence-electron chi connectivity index (χ4n) is 3.43. The van der Waals surface area contributed by atoms with Gasteiger partial charge in [0.2, 0.25) is 0 Å². The Morgan fingerprint density at radius 3 is 2.03 bits per heavy atom. The molecule has 0 saturated heterocycles. The molecule has 0 aliphatic heterocycles. The summed E-state index contributed by atoms with van der Waals surface area (Å²) in [6, 6.07) is 13.9. The van der Waals surface area contributed by atoms with Gasteiger partial charge in [0, 0.05) is 9.13 Å². The zero-order valence-corrected chi connectivity index (χ0v) is 17.7. The number of anilines is 1. The van der Waals surface area contributed by atoms with Crippen LogP contribution in [0.5, 0.6) is 11.5 Å². The predicted octanol–water partition coefficient (Wildman–Crippen LogP) is 2.98. The van der Waals surface area contributed by atoms with Crippen LogP contribution in [0.2, 0.25) is 0 Å². The summed E-state index contributed by atoms with van der Waals surface area (Å²) < 4.78 is 28.4. The Labute approximate surface area is 180 Å². The molecule has 150 valence electrons. The number of halogens is 1. The largest absolute Gasteiger partial charge is 0.504 e. The van der Waals surface area contributed by atoms with Gasteiger partial charge in [-0.05, 0) is 69.6 Å². The van der Waals surface area contributed by atoms with Gasteiger partial charge in [0.1, 0.15) is 12.2 Å². The smallest absolute Gasteiger partial charge is 0.262 e. The molecule has 0 fully saturated rings. The third-order valence-corrected chi connectivity index (χ3v) is 6.97. The maximum Gasteiger partial charge on any atom is 0.262 e. The van der Waals surface area contributed by atoms with Crippen LogP contribution in [0, 0.1) is 3.57 Å². The van der Waals surface area contributed by atoms with Crippen LogP contribution in [0.3, 0.4) is 0 Å². The monoisotopic (exact) mass is 525 g/mol. The van der Waals surface area contributed by atoms with E-state index in [0.717, 1.165) is 3.57 Å². The van der Waals surface area contributed by atoms with E-state index in [9.17, 15) is 28.8 Å². The Bertz CT molecular complexity index is 1210. The number of hydrogen-bond donors (Lipinski definition) is 5. The van der Waals surface area contributed by atoms with E-state index in [1.54, 1.807) is 36.4 Å². The van der Waals surface area contributed by atoms with E-state index in [4.69, 9.17) is 0 Å². The number of rotatable bonds is 3. The number of fused-ring (bicyclic) bond motifs is 2. The summed E-state index contributed by atoms with van der Waals surface area (Å²) in [6.07, 6.45) is -2.49. The molecule has 0 amide bonds. The van der Waals surface area contributed by atoms with Crippen molar-refractivity contribution in [3.8, 4) is 11.5 Å². The lowest BCUT2D eigenvalue weighted by Crippen LogP contribution is -2.19. The van der Waals surface area contributed by atoms with Crippen LogP contribution in [0.4, 0.5) is 5.69 Å². The lowest BCUT2D eigenvalue weighted by Gasteiger charge is -2.30. The second-order valence-electron chi connectivity index (χ2n) is 6.62. The first-order valence-electron chi connectivity index (χ1n) is 8.52. The number of phenols is 2. The van der Waals surface area contributed by atoms with Crippen molar-refractivity contribution in [1.82, 2.24) is 0 Å². The lowest BCUT2D eigenvalue weighted by atomic mass is 9.81. The molecule has 3 aromatic rings. The van der Waals surface area contributed by atoms with E-state index >= 15 is 0 Å². The van der Waals surface area contributed by atoms with Crippen molar-refractivity contribution < 1.29 is 28.8 Å². The predicted molar refractivity (Wildman–Crippen MR) is 114 cm³/mol. The number of aliphatic hydroxyl groups is 2. The highest BCUT2D eigenvalue weighted by molar-refractivity contribution is 14.1. The molecule has 0 radical (unpaired) electrons. The summed E-state index contributed by atoms with van der Waals surface area (Å²) in [5.41, 5.74) is 0.571. The van der Waals surface area contributed by atoms with Crippen LogP contribution in [0.1, 0.15) is 34.5 Å². The summed E-state index contributed by atoms with van der Waals surface area (Å²) in [5.74, 6) is -1.42. The van der Waals surface area contributed by atoms with Gasteiger partial charge in [-0.25, -0.2) is 8.42 Å². The highest BCUT2D eigenvalue weighted by atomic mass is 127. The summed E-state index contributed by atoms with van der Waals surface area (Å²) in [7, 11) is -4.06. The molecular weight excluding hydrogens is 509 g/mol. The summed E-state index contributed by atoms with van der Waals surface area (Å²) in [4.78, 5) is -0.0274. The van der Waals surface area contributed by atoms with Gasteiger partial charge in [-0.2, -0.15) is 0 Å². The third-order valence-electron chi connectivity index (χ3n) is 4.87. The second kappa shape index (κ2) is 7.17. The van der Waals surface area contributed by atoms with E-state index < -0.39 is 33.7 Å². The van der Waals surface area contributed by atoms with Gasteiger partial charge >= 0.3 is 0 Å². The minimum atomic E-state index is -4.06. The summed E-state index contributed by atoms with van der Waals surface area (Å²) in [5, 5.41) is 42.3. The molecule has 0 spiro atoms. The number of nitrogens with one attached hydrogen (secondary N) is 1. The first-order valence-corrected chi connectivity index (χ1v) is 11.1. The molecule has 2 atom stereocenters. The molecule has 1 aliphatic rings. The van der Waals surface area contributed by atoms with E-state index in [1.165, 1.54) is 18.2 Å². The highest BCUT2D eigenvalue weighted by Gasteiger charge is 2.35. The zero-order valence-electron chi connectivity index (χ0n) is 14.7. The molecule has 0 heterocycles. The van der Waals surface area contributed by atoms with Gasteiger partial charge in [-0.3, -0.25) is 4.72 Å². The van der Waals surface area contributed by atoms with Gasteiger partial charge in [0.25, 0.3) is 10.0 Å². The van der Waals surface area contributed by atoms with Crippen molar-refractivity contribution in [2.24, 2.45) is 0 Å². The Morgan fingerprint density at radius 1 is 0.828 bits per heavy atom. The van der Waals surface area contributed by atoms with Crippen molar-refractivity contribution >= 4 is 38.3 Å². The second-order valence-corrected chi connectivity index (χ2v) is 9.55. The van der Waals surface area contributed by atoms with Gasteiger partial charge < -0.3 is 20.4 Å². The van der Waals surface area contributed by atoms with Gasteiger partial charge in [-0.15, -0.1) is 0 Å². The number of hydrogen-bond acceptors (Lipinski definition) is 6. The molecule has 5 N–H and O–H groups in total. The van der Waals surface area contributed by atoms with Crippen molar-refractivity contribution in [3.05, 3.63) is 80.4 Å². The average molecular weight is 525 g/mol. The molecule has 0 saturated carbocycles. The Morgan fingerprint density at radius 2 is 1.41 bits per heavy atom. The highest BCUT2D eigenvalue weighted by Crippen LogP contribution is 2.50. The molecule has 2 unspecified atom stereocenters. The SMILES string of the molecule is O=S(=O)(Nc1cc2c(c(O)c1O)C(O)c1ccccc1C2O)c1ccc(I)cc1. The minimum Gasteiger partial charge on any atom is -0.504 e. The fourth-order valence-corrected chi connectivity index (χ4v) is 4.85. The normalized spacial score (nSPS) is 18.0. The molecule has 29 heavy (non-hydrogen) atoms. The Kier molecular flexibility index (Phi) is 4.93. The molecular formula is C20H16INO6S. The zero-order chi connectivity index (χ0) is 20.9. The number of benzene rings is 3. The van der Waals surface area contributed by atoms with Gasteiger partial charge in [0.05, 0.1) is 10.6 Å². The molecule has 0 bridgehead atoms. The van der Waals surface area contributed by atoms with Crippen molar-refractivity contribution in [1.29, 1.82) is 0 Å².